The van der Waals surface area contributed by atoms with Gasteiger partial charge in [-0.25, -0.2) is 0 Å². The summed E-state index contributed by atoms with van der Waals surface area (Å²) in [6.07, 6.45) is -4.06. The predicted molar refractivity (Wildman–Crippen MR) is 76.5 cm³/mol. The smallest absolute Gasteiger partial charge is 0.334 e. The fourth-order valence-electron chi connectivity index (χ4n) is 3.00. The van der Waals surface area contributed by atoms with Crippen molar-refractivity contribution in [3.8, 4) is 0 Å². The number of aromatic nitrogens is 1. The van der Waals surface area contributed by atoms with Gasteiger partial charge in [-0.2, -0.15) is 13.2 Å². The normalized spacial score (nSPS) is 15.5. The molecule has 3 rings (SSSR count). The fraction of sp³-hybridized carbons (Fsp3) is 0.375. The van der Waals surface area contributed by atoms with Gasteiger partial charge in [0.1, 0.15) is 0 Å². The molecule has 0 aliphatic carbocycles. The van der Waals surface area contributed by atoms with E-state index in [1.165, 1.54) is 0 Å². The van der Waals surface area contributed by atoms with E-state index in [0.717, 1.165) is 32.6 Å². The predicted octanol–water partition coefficient (Wildman–Crippen LogP) is 3.03. The Morgan fingerprint density at radius 3 is 2.59 bits per heavy atom. The van der Waals surface area contributed by atoms with Crippen molar-refractivity contribution in [2.75, 3.05) is 13.1 Å². The van der Waals surface area contributed by atoms with Crippen LogP contribution in [0.5, 0.6) is 0 Å². The second kappa shape index (κ2) is 5.26. The molecule has 22 heavy (non-hydrogen) atoms. The molecule has 2 heterocycles. The first-order valence-corrected chi connectivity index (χ1v) is 7.11. The Kier molecular flexibility index (Phi) is 3.54. The molecular formula is C16H15F3N2O. The highest BCUT2D eigenvalue weighted by Gasteiger charge is 2.42. The lowest BCUT2D eigenvalue weighted by molar-refractivity contribution is -0.185. The average Bonchev–Trinajstić information content (AvgIpc) is 2.68. The molecule has 0 N–H and O–H groups in total. The Labute approximate surface area is 125 Å². The third-order valence-corrected chi connectivity index (χ3v) is 4.14. The quantitative estimate of drug-likeness (QED) is 0.749. The summed E-state index contributed by atoms with van der Waals surface area (Å²) in [6.45, 7) is 2.09. The summed E-state index contributed by atoms with van der Waals surface area (Å²) in [5.41, 5.74) is 3.65. The van der Waals surface area contributed by atoms with Crippen LogP contribution in [0.4, 0.5) is 13.2 Å². The molecule has 0 radical (unpaired) electrons. The summed E-state index contributed by atoms with van der Waals surface area (Å²) in [5, 5.41) is 1.01. The van der Waals surface area contributed by atoms with Gasteiger partial charge >= 0.3 is 12.1 Å². The molecule has 0 saturated carbocycles. The van der Waals surface area contributed by atoms with E-state index in [4.69, 9.17) is 0 Å². The number of aryl methyl sites for hydroxylation is 1. The lowest BCUT2D eigenvalue weighted by Crippen LogP contribution is -2.42. The van der Waals surface area contributed by atoms with Crippen LogP contribution in [0, 0.1) is 6.92 Å². The van der Waals surface area contributed by atoms with Gasteiger partial charge in [0, 0.05) is 30.6 Å². The molecule has 1 aliphatic heterocycles. The van der Waals surface area contributed by atoms with Crippen molar-refractivity contribution in [3.05, 3.63) is 41.1 Å². The molecule has 0 bridgehead atoms. The van der Waals surface area contributed by atoms with Crippen LogP contribution >= 0.6 is 0 Å². The van der Waals surface area contributed by atoms with E-state index in [9.17, 15) is 18.0 Å². The standard InChI is InChI=1S/C16H15F3N2O/c1-10-11-4-2-3-5-13(11)20-14-7-9-21(8-6-12(10)14)15(22)16(17,18)19/h2-5H,6-9H2,1H3. The van der Waals surface area contributed by atoms with Gasteiger partial charge < -0.3 is 4.90 Å². The number of carbonyl (C=O) groups is 1. The van der Waals surface area contributed by atoms with Crippen LogP contribution in [-0.4, -0.2) is 35.1 Å². The highest BCUT2D eigenvalue weighted by atomic mass is 19.4. The van der Waals surface area contributed by atoms with Crippen LogP contribution in [0.15, 0.2) is 24.3 Å². The molecule has 3 nitrogen and oxygen atoms in total. The van der Waals surface area contributed by atoms with Gasteiger partial charge in [0.25, 0.3) is 0 Å². The number of carbonyl (C=O) groups excluding carboxylic acids is 1. The van der Waals surface area contributed by atoms with Gasteiger partial charge in [-0.15, -0.1) is 0 Å². The molecule has 2 aromatic rings. The second-order valence-corrected chi connectivity index (χ2v) is 5.47. The lowest BCUT2D eigenvalue weighted by atomic mass is 9.99. The highest BCUT2D eigenvalue weighted by Crippen LogP contribution is 2.27. The largest absolute Gasteiger partial charge is 0.471 e. The number of benzene rings is 1. The molecule has 0 spiro atoms. The molecule has 0 unspecified atom stereocenters. The zero-order valence-corrected chi connectivity index (χ0v) is 12.1. The van der Waals surface area contributed by atoms with Crippen molar-refractivity contribution in [2.24, 2.45) is 0 Å². The van der Waals surface area contributed by atoms with E-state index in [0.29, 0.717) is 12.8 Å². The number of rotatable bonds is 0. The van der Waals surface area contributed by atoms with Crippen LogP contribution in [0.2, 0.25) is 0 Å². The molecule has 0 saturated heterocycles. The minimum Gasteiger partial charge on any atom is -0.334 e. The van der Waals surface area contributed by atoms with Crippen molar-refractivity contribution in [1.29, 1.82) is 0 Å². The number of pyridine rings is 1. The Balaban J connectivity index is 1.96. The number of hydrogen-bond acceptors (Lipinski definition) is 2. The first kappa shape index (κ1) is 14.8. The van der Waals surface area contributed by atoms with Crippen LogP contribution < -0.4 is 0 Å². The van der Waals surface area contributed by atoms with Crippen molar-refractivity contribution in [2.45, 2.75) is 25.9 Å². The molecule has 1 aromatic heterocycles. The third kappa shape index (κ3) is 2.53. The van der Waals surface area contributed by atoms with Gasteiger partial charge in [-0.1, -0.05) is 18.2 Å². The Morgan fingerprint density at radius 2 is 1.86 bits per heavy atom. The third-order valence-electron chi connectivity index (χ3n) is 4.14. The van der Waals surface area contributed by atoms with Crippen LogP contribution in [0.3, 0.4) is 0 Å². The zero-order valence-electron chi connectivity index (χ0n) is 12.1. The Hall–Kier alpha value is -2.11. The maximum Gasteiger partial charge on any atom is 0.471 e. The number of nitrogens with zero attached hydrogens (tertiary/aromatic N) is 2. The summed E-state index contributed by atoms with van der Waals surface area (Å²) >= 11 is 0. The monoisotopic (exact) mass is 308 g/mol. The maximum atomic E-state index is 12.6. The van der Waals surface area contributed by atoms with Gasteiger partial charge in [0.15, 0.2) is 0 Å². The summed E-state index contributed by atoms with van der Waals surface area (Å²) in [5.74, 6) is -1.76. The van der Waals surface area contributed by atoms with E-state index in [2.05, 4.69) is 4.98 Å². The molecule has 1 aromatic carbocycles. The molecule has 1 aliphatic rings. The Morgan fingerprint density at radius 1 is 1.18 bits per heavy atom. The van der Waals surface area contributed by atoms with Gasteiger partial charge in [-0.05, 0) is 30.5 Å². The summed E-state index contributed by atoms with van der Waals surface area (Å²) < 4.78 is 37.8. The SMILES string of the molecule is Cc1c2c(nc3ccccc13)CCN(C(=O)C(F)(F)F)CC2. The van der Waals surface area contributed by atoms with E-state index < -0.39 is 12.1 Å². The summed E-state index contributed by atoms with van der Waals surface area (Å²) in [7, 11) is 0. The molecule has 1 amide bonds. The van der Waals surface area contributed by atoms with E-state index >= 15 is 0 Å². The zero-order chi connectivity index (χ0) is 15.9. The van der Waals surface area contributed by atoms with Crippen molar-refractivity contribution in [3.63, 3.8) is 0 Å². The van der Waals surface area contributed by atoms with E-state index in [1.54, 1.807) is 0 Å². The van der Waals surface area contributed by atoms with Crippen molar-refractivity contribution in [1.82, 2.24) is 9.88 Å². The van der Waals surface area contributed by atoms with Crippen molar-refractivity contribution < 1.29 is 18.0 Å². The average molecular weight is 308 g/mol. The van der Waals surface area contributed by atoms with Crippen LogP contribution in [-0.2, 0) is 17.6 Å². The highest BCUT2D eigenvalue weighted by molar-refractivity contribution is 5.84. The first-order valence-electron chi connectivity index (χ1n) is 7.11. The number of hydrogen-bond donors (Lipinski definition) is 0. The number of alkyl halides is 3. The molecule has 116 valence electrons. The minimum atomic E-state index is -4.82. The van der Waals surface area contributed by atoms with Gasteiger partial charge in [0.2, 0.25) is 0 Å². The van der Waals surface area contributed by atoms with Crippen LogP contribution in [0.1, 0.15) is 16.8 Å². The van der Waals surface area contributed by atoms with Gasteiger partial charge in [-0.3, -0.25) is 9.78 Å². The first-order chi connectivity index (χ1) is 10.4. The number of para-hydroxylation sites is 1. The van der Waals surface area contributed by atoms with Crippen molar-refractivity contribution >= 4 is 16.8 Å². The number of halogens is 3. The summed E-state index contributed by atoms with van der Waals surface area (Å²) in [6, 6.07) is 7.66. The molecular weight excluding hydrogens is 293 g/mol. The van der Waals surface area contributed by atoms with Crippen LogP contribution in [0.25, 0.3) is 10.9 Å². The molecule has 0 fully saturated rings. The number of fused-ring (bicyclic) bond motifs is 2. The maximum absolute atomic E-state index is 12.6. The summed E-state index contributed by atoms with van der Waals surface area (Å²) in [4.78, 5) is 16.9. The Bertz CT molecular complexity index is 740. The minimum absolute atomic E-state index is 0.0517. The fourth-order valence-corrected chi connectivity index (χ4v) is 3.00. The second-order valence-electron chi connectivity index (χ2n) is 5.47. The lowest BCUT2D eigenvalue weighted by Gasteiger charge is -2.21. The molecule has 6 heteroatoms. The van der Waals surface area contributed by atoms with E-state index in [1.807, 2.05) is 31.2 Å². The number of amides is 1. The van der Waals surface area contributed by atoms with E-state index in [-0.39, 0.29) is 13.1 Å². The van der Waals surface area contributed by atoms with Gasteiger partial charge in [0.05, 0.1) is 5.52 Å². The topological polar surface area (TPSA) is 33.2 Å². The molecule has 0 atom stereocenters.